The molecular formula is C18H27N3O8S. The average Bonchev–Trinajstić information content (AvgIpc) is 2.63. The smallest absolute Gasteiger partial charge is 0.407 e. The van der Waals surface area contributed by atoms with Crippen LogP contribution in [0.4, 0.5) is 4.79 Å². The molecule has 1 rings (SSSR count). The van der Waals surface area contributed by atoms with Crippen molar-refractivity contribution in [2.45, 2.75) is 44.2 Å². The fourth-order valence-corrected chi connectivity index (χ4v) is 3.16. The van der Waals surface area contributed by atoms with Gasteiger partial charge in [0.25, 0.3) is 5.91 Å². The molecule has 0 aromatic heterocycles. The lowest BCUT2D eigenvalue weighted by molar-refractivity contribution is -0.138. The third-order valence-electron chi connectivity index (χ3n) is 3.53. The molecule has 11 nitrogen and oxygen atoms in total. The number of methoxy groups -OCH3 is 1. The predicted molar refractivity (Wildman–Crippen MR) is 107 cm³/mol. The number of hydrogen-bond donors (Lipinski definition) is 4. The van der Waals surface area contributed by atoms with E-state index in [1.807, 2.05) is 0 Å². The number of carboxylic acid groups (broad SMARTS) is 1. The van der Waals surface area contributed by atoms with Gasteiger partial charge in [-0.25, -0.2) is 17.9 Å². The SMILES string of the molecule is COc1cc(S(=O)(=O)NCCNC(=O)OC(C)(C)C)ccc1C(=O)NC(C)C(=O)O. The fraction of sp³-hybridized carbons (Fsp3) is 0.500. The number of benzene rings is 1. The number of hydrogen-bond acceptors (Lipinski definition) is 7. The Balaban J connectivity index is 2.79. The number of amides is 2. The molecule has 0 bridgehead atoms. The number of alkyl carbamates (subject to hydrolysis) is 1. The van der Waals surface area contributed by atoms with Gasteiger partial charge in [0.2, 0.25) is 10.0 Å². The highest BCUT2D eigenvalue weighted by atomic mass is 32.2. The third kappa shape index (κ3) is 7.87. The van der Waals surface area contributed by atoms with Crippen molar-refractivity contribution in [3.05, 3.63) is 23.8 Å². The van der Waals surface area contributed by atoms with Crippen molar-refractivity contribution in [2.24, 2.45) is 0 Å². The molecule has 0 aliphatic heterocycles. The summed E-state index contributed by atoms with van der Waals surface area (Å²) in [4.78, 5) is 34.5. The summed E-state index contributed by atoms with van der Waals surface area (Å²) in [7, 11) is -2.70. The van der Waals surface area contributed by atoms with Crippen LogP contribution < -0.4 is 20.1 Å². The molecule has 0 saturated heterocycles. The Hall–Kier alpha value is -2.86. The lowest BCUT2D eigenvalue weighted by Crippen LogP contribution is -2.38. The first-order valence-corrected chi connectivity index (χ1v) is 10.4. The maximum absolute atomic E-state index is 12.4. The molecule has 168 valence electrons. The third-order valence-corrected chi connectivity index (χ3v) is 4.99. The molecule has 4 N–H and O–H groups in total. The van der Waals surface area contributed by atoms with E-state index in [2.05, 4.69) is 15.4 Å². The van der Waals surface area contributed by atoms with Gasteiger partial charge in [-0.2, -0.15) is 0 Å². The Morgan fingerprint density at radius 3 is 2.33 bits per heavy atom. The Kier molecular flexibility index (Phi) is 8.61. The van der Waals surface area contributed by atoms with Gasteiger partial charge in [0, 0.05) is 19.2 Å². The second-order valence-electron chi connectivity index (χ2n) is 7.22. The van der Waals surface area contributed by atoms with Gasteiger partial charge < -0.3 is 25.2 Å². The van der Waals surface area contributed by atoms with Gasteiger partial charge in [-0.05, 0) is 39.8 Å². The first-order chi connectivity index (χ1) is 13.8. The Morgan fingerprint density at radius 1 is 1.17 bits per heavy atom. The minimum Gasteiger partial charge on any atom is -0.496 e. The van der Waals surface area contributed by atoms with Crippen molar-refractivity contribution >= 4 is 28.0 Å². The summed E-state index contributed by atoms with van der Waals surface area (Å²) < 4.78 is 37.3. The van der Waals surface area contributed by atoms with E-state index in [1.54, 1.807) is 20.8 Å². The van der Waals surface area contributed by atoms with E-state index in [-0.39, 0.29) is 29.3 Å². The van der Waals surface area contributed by atoms with Crippen molar-refractivity contribution in [3.8, 4) is 5.75 Å². The number of sulfonamides is 1. The number of carboxylic acids is 1. The summed E-state index contributed by atoms with van der Waals surface area (Å²) in [6.07, 6.45) is -0.672. The van der Waals surface area contributed by atoms with Crippen LogP contribution in [0.25, 0.3) is 0 Å². The first kappa shape index (κ1) is 25.2. The number of carbonyl (C=O) groups excluding carboxylic acids is 2. The number of carbonyl (C=O) groups is 3. The number of nitrogens with one attached hydrogen (secondary N) is 3. The van der Waals surface area contributed by atoms with Gasteiger partial charge in [0.1, 0.15) is 17.4 Å². The topological polar surface area (TPSA) is 160 Å². The molecule has 2 amide bonds. The molecule has 12 heteroatoms. The van der Waals surface area contributed by atoms with Crippen LogP contribution in [0.2, 0.25) is 0 Å². The standard InChI is InChI=1S/C18H27N3O8S/c1-11(16(23)24)21-15(22)13-7-6-12(10-14(13)28-5)30(26,27)20-9-8-19-17(25)29-18(2,3)4/h6-7,10-11,20H,8-9H2,1-5H3,(H,19,25)(H,21,22)(H,23,24). The number of ether oxygens (including phenoxy) is 2. The second-order valence-corrected chi connectivity index (χ2v) is 8.99. The summed E-state index contributed by atoms with van der Waals surface area (Å²) in [6, 6.07) is 2.41. The van der Waals surface area contributed by atoms with Crippen LogP contribution in [-0.4, -0.2) is 63.3 Å². The van der Waals surface area contributed by atoms with E-state index >= 15 is 0 Å². The summed E-state index contributed by atoms with van der Waals surface area (Å²) >= 11 is 0. The lowest BCUT2D eigenvalue weighted by atomic mass is 10.1. The molecule has 1 aromatic carbocycles. The summed E-state index contributed by atoms with van der Waals surface area (Å²) in [5, 5.41) is 13.6. The van der Waals surface area contributed by atoms with Gasteiger partial charge in [0.15, 0.2) is 0 Å². The zero-order valence-corrected chi connectivity index (χ0v) is 18.3. The molecule has 0 spiro atoms. The summed E-state index contributed by atoms with van der Waals surface area (Å²) in [5.74, 6) is -1.98. The van der Waals surface area contributed by atoms with Crippen LogP contribution >= 0.6 is 0 Å². The van der Waals surface area contributed by atoms with Crippen LogP contribution in [0.3, 0.4) is 0 Å². The molecule has 0 saturated carbocycles. The largest absolute Gasteiger partial charge is 0.496 e. The summed E-state index contributed by atoms with van der Waals surface area (Å²) in [5.41, 5.74) is -0.688. The quantitative estimate of drug-likeness (QED) is 0.404. The molecule has 0 heterocycles. The number of rotatable bonds is 9. The molecule has 0 radical (unpaired) electrons. The van der Waals surface area contributed by atoms with Crippen molar-refractivity contribution in [1.29, 1.82) is 0 Å². The van der Waals surface area contributed by atoms with E-state index in [4.69, 9.17) is 14.6 Å². The second kappa shape index (κ2) is 10.3. The monoisotopic (exact) mass is 445 g/mol. The highest BCUT2D eigenvalue weighted by Crippen LogP contribution is 2.23. The van der Waals surface area contributed by atoms with Gasteiger partial charge in [-0.3, -0.25) is 9.59 Å². The molecule has 0 aliphatic carbocycles. The van der Waals surface area contributed by atoms with Crippen LogP contribution in [0.5, 0.6) is 5.75 Å². The summed E-state index contributed by atoms with van der Waals surface area (Å²) in [6.45, 7) is 6.31. The Morgan fingerprint density at radius 2 is 1.80 bits per heavy atom. The van der Waals surface area contributed by atoms with Crippen LogP contribution in [0.15, 0.2) is 23.1 Å². The molecule has 1 atom stereocenters. The molecule has 0 aliphatic rings. The minimum absolute atomic E-state index is 0.00115. The van der Waals surface area contributed by atoms with Gasteiger partial charge >= 0.3 is 12.1 Å². The predicted octanol–water partition coefficient (Wildman–Crippen LogP) is 0.701. The molecule has 1 unspecified atom stereocenters. The van der Waals surface area contributed by atoms with Crippen molar-refractivity contribution < 1.29 is 37.4 Å². The van der Waals surface area contributed by atoms with Gasteiger partial charge in [-0.1, -0.05) is 0 Å². The number of aliphatic carboxylic acids is 1. The Bertz CT molecular complexity index is 893. The normalized spacial score (nSPS) is 12.6. The molecular weight excluding hydrogens is 418 g/mol. The van der Waals surface area contributed by atoms with E-state index in [1.165, 1.54) is 26.2 Å². The van der Waals surface area contributed by atoms with E-state index in [0.29, 0.717) is 0 Å². The lowest BCUT2D eigenvalue weighted by Gasteiger charge is -2.19. The maximum atomic E-state index is 12.4. The minimum atomic E-state index is -3.95. The van der Waals surface area contributed by atoms with Crippen molar-refractivity contribution in [3.63, 3.8) is 0 Å². The van der Waals surface area contributed by atoms with Gasteiger partial charge in [0.05, 0.1) is 17.6 Å². The highest BCUT2D eigenvalue weighted by molar-refractivity contribution is 7.89. The zero-order valence-electron chi connectivity index (χ0n) is 17.4. The van der Waals surface area contributed by atoms with Crippen molar-refractivity contribution in [1.82, 2.24) is 15.4 Å². The van der Waals surface area contributed by atoms with Crippen LogP contribution in [0.1, 0.15) is 38.1 Å². The molecule has 0 fully saturated rings. The van der Waals surface area contributed by atoms with E-state index in [9.17, 15) is 22.8 Å². The zero-order chi connectivity index (χ0) is 23.1. The van der Waals surface area contributed by atoms with Gasteiger partial charge in [-0.15, -0.1) is 0 Å². The van der Waals surface area contributed by atoms with E-state index < -0.39 is 39.6 Å². The highest BCUT2D eigenvalue weighted by Gasteiger charge is 2.22. The van der Waals surface area contributed by atoms with Crippen LogP contribution in [-0.2, 0) is 19.6 Å². The average molecular weight is 445 g/mol. The van der Waals surface area contributed by atoms with E-state index in [0.717, 1.165) is 6.07 Å². The first-order valence-electron chi connectivity index (χ1n) is 8.95. The fourth-order valence-electron chi connectivity index (χ4n) is 2.11. The molecule has 30 heavy (non-hydrogen) atoms. The Labute approximate surface area is 175 Å². The maximum Gasteiger partial charge on any atom is 0.407 e. The van der Waals surface area contributed by atoms with Crippen LogP contribution in [0, 0.1) is 0 Å². The van der Waals surface area contributed by atoms with Crippen molar-refractivity contribution in [2.75, 3.05) is 20.2 Å². The molecule has 1 aromatic rings.